The smallest absolute Gasteiger partial charge is 0.244 e. The van der Waals surface area contributed by atoms with E-state index in [2.05, 4.69) is 31.0 Å². The third-order valence-corrected chi connectivity index (χ3v) is 4.52. The van der Waals surface area contributed by atoms with Gasteiger partial charge in [0.1, 0.15) is 10.7 Å². The summed E-state index contributed by atoms with van der Waals surface area (Å²) in [6, 6.07) is 1.67. The van der Waals surface area contributed by atoms with Gasteiger partial charge in [-0.15, -0.1) is 0 Å². The lowest BCUT2D eigenvalue weighted by atomic mass is 10.4. The molecule has 1 fully saturated rings. The van der Waals surface area contributed by atoms with E-state index in [1.165, 1.54) is 0 Å². The van der Waals surface area contributed by atoms with Gasteiger partial charge in [0, 0.05) is 23.3 Å². The molecule has 1 aliphatic carbocycles. The molecule has 0 saturated heterocycles. The van der Waals surface area contributed by atoms with Gasteiger partial charge in [-0.2, -0.15) is 0 Å². The van der Waals surface area contributed by atoms with Crippen LogP contribution in [0, 0.1) is 0 Å². The Morgan fingerprint density at radius 3 is 2.83 bits per heavy atom. The highest BCUT2D eigenvalue weighted by atomic mass is 79.9. The summed E-state index contributed by atoms with van der Waals surface area (Å²) in [4.78, 5) is 4.34. The summed E-state index contributed by atoms with van der Waals surface area (Å²) >= 11 is 3.26. The Bertz CT molecular complexity index is 529. The molecule has 0 aromatic carbocycles. The normalized spacial score (nSPS) is 15.7. The minimum Gasteiger partial charge on any atom is -0.369 e. The van der Waals surface area contributed by atoms with Crippen molar-refractivity contribution in [2.75, 3.05) is 11.9 Å². The standard InChI is InChI=1S/C11H16BrN3O2S/c1-2-5-13-11-10(6-8(12)7-14-11)18(16,17)15-9-3-4-9/h6-7,9,15H,2-5H2,1H3,(H,13,14). The molecule has 0 atom stereocenters. The van der Waals surface area contributed by atoms with E-state index in [1.807, 2.05) is 6.92 Å². The Balaban J connectivity index is 2.30. The fourth-order valence-electron chi connectivity index (χ4n) is 1.49. The molecule has 2 rings (SSSR count). The van der Waals surface area contributed by atoms with Gasteiger partial charge >= 0.3 is 0 Å². The minimum atomic E-state index is -3.49. The highest BCUT2D eigenvalue weighted by Gasteiger charge is 2.29. The molecule has 1 saturated carbocycles. The van der Waals surface area contributed by atoms with Crippen LogP contribution in [0.5, 0.6) is 0 Å². The van der Waals surface area contributed by atoms with Crippen LogP contribution in [-0.2, 0) is 10.0 Å². The average molecular weight is 334 g/mol. The van der Waals surface area contributed by atoms with E-state index in [9.17, 15) is 8.42 Å². The molecule has 100 valence electrons. The number of rotatable bonds is 6. The largest absolute Gasteiger partial charge is 0.369 e. The second-order valence-electron chi connectivity index (χ2n) is 4.32. The SMILES string of the molecule is CCCNc1ncc(Br)cc1S(=O)(=O)NC1CC1. The molecule has 1 aliphatic rings. The maximum atomic E-state index is 12.2. The summed E-state index contributed by atoms with van der Waals surface area (Å²) in [5.41, 5.74) is 0. The molecule has 5 nitrogen and oxygen atoms in total. The number of hydrogen-bond acceptors (Lipinski definition) is 4. The summed E-state index contributed by atoms with van der Waals surface area (Å²) in [5.74, 6) is 0.410. The first-order chi connectivity index (χ1) is 8.53. The summed E-state index contributed by atoms with van der Waals surface area (Å²) in [6.07, 6.45) is 4.33. The van der Waals surface area contributed by atoms with Gasteiger partial charge in [0.25, 0.3) is 0 Å². The second kappa shape index (κ2) is 5.54. The van der Waals surface area contributed by atoms with E-state index in [1.54, 1.807) is 12.3 Å². The number of nitrogens with zero attached hydrogens (tertiary/aromatic N) is 1. The van der Waals surface area contributed by atoms with Crippen LogP contribution in [-0.4, -0.2) is 26.0 Å². The Morgan fingerprint density at radius 1 is 1.50 bits per heavy atom. The highest BCUT2D eigenvalue weighted by molar-refractivity contribution is 9.10. The maximum Gasteiger partial charge on any atom is 0.244 e. The van der Waals surface area contributed by atoms with Gasteiger partial charge in [0.05, 0.1) is 0 Å². The lowest BCUT2D eigenvalue weighted by Crippen LogP contribution is -2.27. The predicted molar refractivity (Wildman–Crippen MR) is 74.1 cm³/mol. The number of sulfonamides is 1. The van der Waals surface area contributed by atoms with Gasteiger partial charge < -0.3 is 5.32 Å². The van der Waals surface area contributed by atoms with Crippen LogP contribution in [0.2, 0.25) is 0 Å². The molecule has 1 aromatic heterocycles. The molecule has 1 aromatic rings. The number of pyridine rings is 1. The molecular formula is C11H16BrN3O2S. The minimum absolute atomic E-state index is 0.0907. The quantitative estimate of drug-likeness (QED) is 0.836. The molecule has 7 heteroatoms. The van der Waals surface area contributed by atoms with Gasteiger partial charge in [-0.3, -0.25) is 0 Å². The van der Waals surface area contributed by atoms with Gasteiger partial charge in [-0.25, -0.2) is 18.1 Å². The lowest BCUT2D eigenvalue weighted by Gasteiger charge is -2.12. The van der Waals surface area contributed by atoms with Crippen LogP contribution in [0.4, 0.5) is 5.82 Å². The monoisotopic (exact) mass is 333 g/mol. The van der Waals surface area contributed by atoms with Crippen molar-refractivity contribution >= 4 is 31.8 Å². The van der Waals surface area contributed by atoms with Crippen molar-refractivity contribution < 1.29 is 8.42 Å². The summed E-state index contributed by atoms with van der Waals surface area (Å²) in [6.45, 7) is 2.71. The maximum absolute atomic E-state index is 12.2. The second-order valence-corrected chi connectivity index (χ2v) is 6.92. The van der Waals surface area contributed by atoms with Crippen molar-refractivity contribution in [2.45, 2.75) is 37.1 Å². The predicted octanol–water partition coefficient (Wildman–Crippen LogP) is 2.11. The number of halogens is 1. The Labute approximate surface area is 116 Å². The highest BCUT2D eigenvalue weighted by Crippen LogP contribution is 2.26. The zero-order chi connectivity index (χ0) is 13.2. The molecule has 0 amide bonds. The number of nitrogens with one attached hydrogen (secondary N) is 2. The molecule has 0 radical (unpaired) electrons. The van der Waals surface area contributed by atoms with E-state index < -0.39 is 10.0 Å². The van der Waals surface area contributed by atoms with Crippen LogP contribution in [0.15, 0.2) is 21.6 Å². The third kappa shape index (κ3) is 3.43. The van der Waals surface area contributed by atoms with E-state index in [-0.39, 0.29) is 10.9 Å². The first kappa shape index (κ1) is 13.8. The Morgan fingerprint density at radius 2 is 2.22 bits per heavy atom. The Kier molecular flexibility index (Phi) is 4.24. The number of aromatic nitrogens is 1. The number of anilines is 1. The van der Waals surface area contributed by atoms with Crippen LogP contribution >= 0.6 is 15.9 Å². The fourth-order valence-corrected chi connectivity index (χ4v) is 3.43. The average Bonchev–Trinajstić information content (AvgIpc) is 3.10. The van der Waals surface area contributed by atoms with E-state index >= 15 is 0 Å². The third-order valence-electron chi connectivity index (χ3n) is 2.55. The van der Waals surface area contributed by atoms with Gasteiger partial charge in [0.2, 0.25) is 10.0 Å². The van der Waals surface area contributed by atoms with Crippen molar-refractivity contribution in [3.63, 3.8) is 0 Å². The van der Waals surface area contributed by atoms with Gasteiger partial charge in [-0.05, 0) is 41.3 Å². The van der Waals surface area contributed by atoms with Crippen LogP contribution in [0.3, 0.4) is 0 Å². The van der Waals surface area contributed by atoms with Crippen molar-refractivity contribution in [1.29, 1.82) is 0 Å². The summed E-state index contributed by atoms with van der Waals surface area (Å²) < 4.78 is 27.7. The van der Waals surface area contributed by atoms with Crippen LogP contribution < -0.4 is 10.0 Å². The molecule has 0 bridgehead atoms. The summed E-state index contributed by atoms with van der Waals surface area (Å²) in [5, 5.41) is 3.04. The molecule has 2 N–H and O–H groups in total. The first-order valence-electron chi connectivity index (χ1n) is 5.94. The van der Waals surface area contributed by atoms with Gasteiger partial charge in [-0.1, -0.05) is 6.92 Å². The first-order valence-corrected chi connectivity index (χ1v) is 8.22. The molecular weight excluding hydrogens is 318 g/mol. The zero-order valence-electron chi connectivity index (χ0n) is 10.1. The molecule has 0 aliphatic heterocycles. The Hall–Kier alpha value is -0.660. The van der Waals surface area contributed by atoms with Crippen molar-refractivity contribution in [3.05, 3.63) is 16.7 Å². The summed E-state index contributed by atoms with van der Waals surface area (Å²) in [7, 11) is -3.49. The molecule has 1 heterocycles. The zero-order valence-corrected chi connectivity index (χ0v) is 12.5. The molecule has 0 spiro atoms. The van der Waals surface area contributed by atoms with E-state index in [4.69, 9.17) is 0 Å². The van der Waals surface area contributed by atoms with Crippen molar-refractivity contribution in [3.8, 4) is 0 Å². The van der Waals surface area contributed by atoms with Crippen LogP contribution in [0.1, 0.15) is 26.2 Å². The molecule has 0 unspecified atom stereocenters. The topological polar surface area (TPSA) is 71.1 Å². The van der Waals surface area contributed by atoms with Crippen molar-refractivity contribution in [2.24, 2.45) is 0 Å². The van der Waals surface area contributed by atoms with E-state index in [0.29, 0.717) is 16.8 Å². The van der Waals surface area contributed by atoms with E-state index in [0.717, 1.165) is 19.3 Å². The molecule has 18 heavy (non-hydrogen) atoms. The fraction of sp³-hybridized carbons (Fsp3) is 0.545. The van der Waals surface area contributed by atoms with Gasteiger partial charge in [0.15, 0.2) is 0 Å². The number of hydrogen-bond donors (Lipinski definition) is 2. The van der Waals surface area contributed by atoms with Crippen LogP contribution in [0.25, 0.3) is 0 Å². The van der Waals surface area contributed by atoms with Crippen molar-refractivity contribution in [1.82, 2.24) is 9.71 Å². The lowest BCUT2D eigenvalue weighted by molar-refractivity contribution is 0.581.